The Morgan fingerprint density at radius 1 is 1.13 bits per heavy atom. The van der Waals surface area contributed by atoms with E-state index >= 15 is 0 Å². The van der Waals surface area contributed by atoms with Crippen LogP contribution in [0.15, 0.2) is 35.5 Å². The molecule has 1 saturated heterocycles. The highest BCUT2D eigenvalue weighted by molar-refractivity contribution is 6.38. The maximum Gasteiger partial charge on any atom is 0.290 e. The lowest BCUT2D eigenvalue weighted by Gasteiger charge is -2.36. The minimum Gasteiger partial charge on any atom is -0.377 e. The van der Waals surface area contributed by atoms with Gasteiger partial charge in [-0.25, -0.2) is 0 Å². The first kappa shape index (κ1) is 20.7. The highest BCUT2D eigenvalue weighted by Gasteiger charge is 2.42. The Hall–Kier alpha value is -2.54. The van der Waals surface area contributed by atoms with E-state index in [0.29, 0.717) is 42.5 Å². The van der Waals surface area contributed by atoms with Crippen molar-refractivity contribution in [1.82, 2.24) is 15.5 Å². The van der Waals surface area contributed by atoms with E-state index in [1.807, 2.05) is 31.2 Å². The zero-order valence-corrected chi connectivity index (χ0v) is 18.0. The van der Waals surface area contributed by atoms with Gasteiger partial charge in [-0.2, -0.15) is 0 Å². The number of benzene rings is 1. The summed E-state index contributed by atoms with van der Waals surface area (Å²) in [6.07, 6.45) is 1.99. The van der Waals surface area contributed by atoms with Crippen molar-refractivity contribution < 1.29 is 14.4 Å². The molecule has 3 aliphatic rings. The molecule has 160 valence electrons. The van der Waals surface area contributed by atoms with Gasteiger partial charge in [0.25, 0.3) is 11.8 Å². The normalized spacial score (nSPS) is 24.0. The van der Waals surface area contributed by atoms with Gasteiger partial charge in [-0.3, -0.25) is 14.4 Å². The summed E-state index contributed by atoms with van der Waals surface area (Å²) in [6.45, 7) is 5.84. The number of amides is 2. The van der Waals surface area contributed by atoms with E-state index in [-0.39, 0.29) is 18.0 Å². The van der Waals surface area contributed by atoms with Crippen LogP contribution in [-0.4, -0.2) is 60.8 Å². The third-order valence-corrected chi connectivity index (χ3v) is 6.34. The Kier molecular flexibility index (Phi) is 5.73. The van der Waals surface area contributed by atoms with Gasteiger partial charge in [0.2, 0.25) is 5.78 Å². The Labute approximate surface area is 181 Å². The zero-order chi connectivity index (χ0) is 21.4. The highest BCUT2D eigenvalue weighted by atomic mass is 35.5. The number of halogens is 1. The molecule has 1 aromatic carbocycles. The minimum absolute atomic E-state index is 0.181. The first-order chi connectivity index (χ1) is 14.3. The number of carbonyl (C=O) groups is 3. The summed E-state index contributed by atoms with van der Waals surface area (Å²) in [4.78, 5) is 42.2. The van der Waals surface area contributed by atoms with Crippen LogP contribution in [0.25, 0.3) is 0 Å². The predicted octanol–water partition coefficient (Wildman–Crippen LogP) is 1.72. The predicted molar refractivity (Wildman–Crippen MR) is 115 cm³/mol. The Balaban J connectivity index is 1.39. The van der Waals surface area contributed by atoms with Crippen LogP contribution in [0.1, 0.15) is 26.7 Å². The number of anilines is 1. The van der Waals surface area contributed by atoms with Gasteiger partial charge >= 0.3 is 0 Å². The minimum atomic E-state index is -0.608. The second kappa shape index (κ2) is 8.30. The SMILES string of the molecule is CC1=C(C(=O)NC2CC2)NC(C)C1C(=O)C(=O)N1CCN(c2cccc(Cl)c2)CC1. The molecule has 4 rings (SSSR count). The Morgan fingerprint density at radius 2 is 1.83 bits per heavy atom. The molecule has 8 heteroatoms. The quantitative estimate of drug-likeness (QED) is 0.695. The van der Waals surface area contributed by atoms with E-state index in [9.17, 15) is 14.4 Å². The third kappa shape index (κ3) is 4.17. The number of ketones is 1. The molecule has 1 aromatic rings. The topological polar surface area (TPSA) is 81.8 Å². The molecule has 2 fully saturated rings. The molecule has 2 aliphatic heterocycles. The summed E-state index contributed by atoms with van der Waals surface area (Å²) in [7, 11) is 0. The van der Waals surface area contributed by atoms with Crippen LogP contribution in [0.5, 0.6) is 0 Å². The number of carbonyl (C=O) groups excluding carboxylic acids is 3. The van der Waals surface area contributed by atoms with Gasteiger partial charge in [0.1, 0.15) is 0 Å². The lowest BCUT2D eigenvalue weighted by atomic mass is 9.91. The van der Waals surface area contributed by atoms with E-state index in [1.165, 1.54) is 0 Å². The molecule has 0 aromatic heterocycles. The smallest absolute Gasteiger partial charge is 0.290 e. The summed E-state index contributed by atoms with van der Waals surface area (Å²) < 4.78 is 0. The van der Waals surface area contributed by atoms with Gasteiger partial charge in [-0.1, -0.05) is 17.7 Å². The first-order valence-corrected chi connectivity index (χ1v) is 10.8. The second-order valence-electron chi connectivity index (χ2n) is 8.34. The van der Waals surface area contributed by atoms with Crippen molar-refractivity contribution in [1.29, 1.82) is 0 Å². The summed E-state index contributed by atoms with van der Waals surface area (Å²) >= 11 is 6.08. The van der Waals surface area contributed by atoms with Crippen molar-refractivity contribution in [3.63, 3.8) is 0 Å². The van der Waals surface area contributed by atoms with Crippen LogP contribution in [0.2, 0.25) is 5.02 Å². The van der Waals surface area contributed by atoms with Crippen molar-refractivity contribution in [2.75, 3.05) is 31.1 Å². The molecule has 2 amide bonds. The number of Topliss-reactive ketones (excluding diaryl/α,β-unsaturated/α-hetero) is 1. The van der Waals surface area contributed by atoms with E-state index in [4.69, 9.17) is 11.6 Å². The third-order valence-electron chi connectivity index (χ3n) is 6.11. The fourth-order valence-electron chi connectivity index (χ4n) is 4.24. The number of rotatable bonds is 5. The number of hydrogen-bond donors (Lipinski definition) is 2. The van der Waals surface area contributed by atoms with E-state index in [0.717, 1.165) is 18.5 Å². The van der Waals surface area contributed by atoms with Crippen molar-refractivity contribution in [3.8, 4) is 0 Å². The molecular weight excluding hydrogens is 404 g/mol. The molecule has 30 heavy (non-hydrogen) atoms. The molecular formula is C22H27ClN4O3. The second-order valence-corrected chi connectivity index (χ2v) is 8.78. The molecule has 0 radical (unpaired) electrons. The standard InChI is InChI=1S/C22H27ClN4O3/c1-13-18(14(2)24-19(13)21(29)25-16-6-7-16)20(28)22(30)27-10-8-26(9-11-27)17-5-3-4-15(23)12-17/h3-5,12,14,16,18,24H,6-11H2,1-2H3,(H,25,29). The molecule has 0 bridgehead atoms. The fraction of sp³-hybridized carbons (Fsp3) is 0.500. The number of piperazine rings is 1. The van der Waals surface area contributed by atoms with E-state index in [2.05, 4.69) is 15.5 Å². The number of hydrogen-bond acceptors (Lipinski definition) is 5. The van der Waals surface area contributed by atoms with Gasteiger partial charge in [0.05, 0.1) is 11.6 Å². The molecule has 7 nitrogen and oxygen atoms in total. The lowest BCUT2D eigenvalue weighted by molar-refractivity contribution is -0.146. The van der Waals surface area contributed by atoms with Gasteiger partial charge in [0.15, 0.2) is 0 Å². The molecule has 1 aliphatic carbocycles. The van der Waals surface area contributed by atoms with Crippen LogP contribution in [0.3, 0.4) is 0 Å². The van der Waals surface area contributed by atoms with Crippen molar-refractivity contribution in [2.45, 2.75) is 38.8 Å². The summed E-state index contributed by atoms with van der Waals surface area (Å²) in [5.41, 5.74) is 2.10. The highest BCUT2D eigenvalue weighted by Crippen LogP contribution is 2.29. The van der Waals surface area contributed by atoms with Crippen LogP contribution < -0.4 is 15.5 Å². The first-order valence-electron chi connectivity index (χ1n) is 10.5. The molecule has 2 N–H and O–H groups in total. The van der Waals surface area contributed by atoms with Gasteiger partial charge in [-0.15, -0.1) is 0 Å². The van der Waals surface area contributed by atoms with E-state index < -0.39 is 17.6 Å². The summed E-state index contributed by atoms with van der Waals surface area (Å²) in [5.74, 6) is -1.70. The molecule has 2 unspecified atom stereocenters. The largest absolute Gasteiger partial charge is 0.377 e. The van der Waals surface area contributed by atoms with Crippen LogP contribution in [-0.2, 0) is 14.4 Å². The van der Waals surface area contributed by atoms with Crippen molar-refractivity contribution in [2.24, 2.45) is 5.92 Å². The summed E-state index contributed by atoms with van der Waals surface area (Å²) in [6, 6.07) is 7.58. The number of nitrogens with one attached hydrogen (secondary N) is 2. The van der Waals surface area contributed by atoms with Gasteiger partial charge in [-0.05, 0) is 50.5 Å². The monoisotopic (exact) mass is 430 g/mol. The van der Waals surface area contributed by atoms with Crippen LogP contribution >= 0.6 is 11.6 Å². The molecule has 1 saturated carbocycles. The molecule has 0 spiro atoms. The van der Waals surface area contributed by atoms with Crippen LogP contribution in [0.4, 0.5) is 5.69 Å². The average molecular weight is 431 g/mol. The van der Waals surface area contributed by atoms with Gasteiger partial charge < -0.3 is 20.4 Å². The Bertz CT molecular complexity index is 903. The summed E-state index contributed by atoms with van der Waals surface area (Å²) in [5, 5.41) is 6.73. The fourth-order valence-corrected chi connectivity index (χ4v) is 4.42. The molecule has 2 heterocycles. The molecule has 2 atom stereocenters. The average Bonchev–Trinajstić information content (AvgIpc) is 3.50. The number of nitrogens with zero attached hydrogens (tertiary/aromatic N) is 2. The Morgan fingerprint density at radius 3 is 2.47 bits per heavy atom. The zero-order valence-electron chi connectivity index (χ0n) is 17.3. The maximum absolute atomic E-state index is 13.0. The maximum atomic E-state index is 13.0. The van der Waals surface area contributed by atoms with E-state index in [1.54, 1.807) is 11.8 Å². The van der Waals surface area contributed by atoms with Crippen molar-refractivity contribution >= 4 is 34.9 Å². The van der Waals surface area contributed by atoms with Crippen LogP contribution in [0, 0.1) is 5.92 Å². The van der Waals surface area contributed by atoms with Gasteiger partial charge in [0, 0.05) is 49.0 Å². The van der Waals surface area contributed by atoms with Crippen molar-refractivity contribution in [3.05, 3.63) is 40.6 Å². The lowest BCUT2D eigenvalue weighted by Crippen LogP contribution is -2.52.